The van der Waals surface area contributed by atoms with Gasteiger partial charge in [-0.25, -0.2) is 0 Å². The van der Waals surface area contributed by atoms with Crippen LogP contribution in [0.1, 0.15) is 30.1 Å². The summed E-state index contributed by atoms with van der Waals surface area (Å²) in [7, 11) is 0. The van der Waals surface area contributed by atoms with E-state index >= 15 is 0 Å². The van der Waals surface area contributed by atoms with Gasteiger partial charge in [-0.15, -0.1) is 0 Å². The Hall–Kier alpha value is -3.35. The standard InChI is InChI=1S/C21H23N5O2/c1-2-8-26-12-16(11-19(26)27)23-21(28)15-5-3-4-13(9-15)14-6-7-18-17(10-14)20(22)25-24-18/h3-7,9-10,16H,2,8,11-12H2,1H3,(H,23,28)(H3,22,24,25). The molecule has 1 aliphatic rings. The van der Waals surface area contributed by atoms with Gasteiger partial charge in [0.2, 0.25) is 5.91 Å². The molecule has 1 unspecified atom stereocenters. The minimum atomic E-state index is -0.165. The number of nitrogens with one attached hydrogen (secondary N) is 2. The molecule has 0 radical (unpaired) electrons. The topological polar surface area (TPSA) is 104 Å². The fourth-order valence-electron chi connectivity index (χ4n) is 3.68. The molecule has 1 aliphatic heterocycles. The van der Waals surface area contributed by atoms with E-state index in [0.717, 1.165) is 35.0 Å². The average Bonchev–Trinajstić information content (AvgIpc) is 3.24. The summed E-state index contributed by atoms with van der Waals surface area (Å²) in [4.78, 5) is 26.5. The number of anilines is 1. The van der Waals surface area contributed by atoms with Gasteiger partial charge in [-0.05, 0) is 41.8 Å². The summed E-state index contributed by atoms with van der Waals surface area (Å²) < 4.78 is 0. The van der Waals surface area contributed by atoms with Crippen LogP contribution in [0.5, 0.6) is 0 Å². The van der Waals surface area contributed by atoms with E-state index in [0.29, 0.717) is 24.3 Å². The Labute approximate surface area is 162 Å². The Kier molecular flexibility index (Phi) is 4.73. The molecule has 28 heavy (non-hydrogen) atoms. The molecule has 1 atom stereocenters. The van der Waals surface area contributed by atoms with E-state index in [4.69, 9.17) is 5.73 Å². The highest BCUT2D eigenvalue weighted by Gasteiger charge is 2.30. The number of carbonyl (C=O) groups is 2. The third-order valence-corrected chi connectivity index (χ3v) is 5.09. The van der Waals surface area contributed by atoms with Crippen molar-refractivity contribution in [1.82, 2.24) is 20.4 Å². The first-order valence-electron chi connectivity index (χ1n) is 9.48. The molecule has 2 amide bonds. The van der Waals surface area contributed by atoms with Gasteiger partial charge in [0.15, 0.2) is 5.82 Å². The smallest absolute Gasteiger partial charge is 0.251 e. The van der Waals surface area contributed by atoms with Crippen molar-refractivity contribution in [3.63, 3.8) is 0 Å². The number of nitrogens with two attached hydrogens (primary N) is 1. The molecule has 0 bridgehead atoms. The zero-order valence-electron chi connectivity index (χ0n) is 15.7. The lowest BCUT2D eigenvalue weighted by Gasteiger charge is -2.16. The van der Waals surface area contributed by atoms with Gasteiger partial charge >= 0.3 is 0 Å². The van der Waals surface area contributed by atoms with E-state index in [1.807, 2.05) is 48.2 Å². The molecule has 0 spiro atoms. The van der Waals surface area contributed by atoms with Crippen molar-refractivity contribution in [3.05, 3.63) is 48.0 Å². The second-order valence-electron chi connectivity index (χ2n) is 7.16. The average molecular weight is 377 g/mol. The first-order valence-corrected chi connectivity index (χ1v) is 9.48. The predicted molar refractivity (Wildman–Crippen MR) is 109 cm³/mol. The summed E-state index contributed by atoms with van der Waals surface area (Å²) in [5.41, 5.74) is 9.22. The Bertz CT molecular complexity index is 1040. The Morgan fingerprint density at radius 3 is 2.93 bits per heavy atom. The van der Waals surface area contributed by atoms with Crippen molar-refractivity contribution in [2.75, 3.05) is 18.8 Å². The third kappa shape index (κ3) is 3.43. The quantitative estimate of drug-likeness (QED) is 0.635. The number of hydrogen-bond donors (Lipinski definition) is 3. The van der Waals surface area contributed by atoms with Crippen LogP contribution in [0.25, 0.3) is 22.0 Å². The number of rotatable bonds is 5. The molecule has 0 aliphatic carbocycles. The van der Waals surface area contributed by atoms with Crippen LogP contribution < -0.4 is 11.1 Å². The fraction of sp³-hybridized carbons (Fsp3) is 0.286. The minimum absolute atomic E-state index is 0.104. The van der Waals surface area contributed by atoms with Gasteiger partial charge in [0.1, 0.15) is 0 Å². The number of hydrogen-bond acceptors (Lipinski definition) is 4. The maximum Gasteiger partial charge on any atom is 0.251 e. The van der Waals surface area contributed by atoms with Gasteiger partial charge in [-0.2, -0.15) is 5.10 Å². The maximum absolute atomic E-state index is 12.7. The predicted octanol–water partition coefficient (Wildman–Crippen LogP) is 2.55. The molecular formula is C21H23N5O2. The van der Waals surface area contributed by atoms with Crippen LogP contribution in [0.4, 0.5) is 5.82 Å². The van der Waals surface area contributed by atoms with Crippen LogP contribution in [-0.2, 0) is 4.79 Å². The largest absolute Gasteiger partial charge is 0.382 e. The molecule has 1 saturated heterocycles. The summed E-state index contributed by atoms with van der Waals surface area (Å²) >= 11 is 0. The number of nitrogen functional groups attached to an aromatic ring is 1. The molecule has 1 aromatic heterocycles. The summed E-state index contributed by atoms with van der Waals surface area (Å²) in [5.74, 6) is 0.391. The minimum Gasteiger partial charge on any atom is -0.382 e. The first kappa shape index (κ1) is 18.0. The van der Waals surface area contributed by atoms with E-state index in [2.05, 4.69) is 15.5 Å². The maximum atomic E-state index is 12.7. The summed E-state index contributed by atoms with van der Waals surface area (Å²) in [6, 6.07) is 13.2. The molecule has 2 heterocycles. The van der Waals surface area contributed by atoms with E-state index in [1.165, 1.54) is 0 Å². The summed E-state index contributed by atoms with van der Waals surface area (Å²) in [6.45, 7) is 3.36. The second-order valence-corrected chi connectivity index (χ2v) is 7.16. The van der Waals surface area contributed by atoms with E-state index in [1.54, 1.807) is 6.07 Å². The number of nitrogens with zero attached hydrogens (tertiary/aromatic N) is 2. The molecular weight excluding hydrogens is 354 g/mol. The SMILES string of the molecule is CCCN1CC(NC(=O)c2cccc(-c3ccc4[nH]nc(N)c4c3)c2)CC1=O. The molecule has 144 valence electrons. The lowest BCUT2D eigenvalue weighted by Crippen LogP contribution is -2.37. The van der Waals surface area contributed by atoms with E-state index in [9.17, 15) is 9.59 Å². The van der Waals surface area contributed by atoms with Crippen LogP contribution in [0.2, 0.25) is 0 Å². The van der Waals surface area contributed by atoms with E-state index in [-0.39, 0.29) is 17.9 Å². The number of aromatic amines is 1. The van der Waals surface area contributed by atoms with Gasteiger partial charge < -0.3 is 16.0 Å². The van der Waals surface area contributed by atoms with Crippen LogP contribution in [-0.4, -0.2) is 46.0 Å². The van der Waals surface area contributed by atoms with Crippen molar-refractivity contribution >= 4 is 28.5 Å². The van der Waals surface area contributed by atoms with Crippen LogP contribution in [0.15, 0.2) is 42.5 Å². The molecule has 2 aromatic carbocycles. The van der Waals surface area contributed by atoms with Gasteiger partial charge in [0.25, 0.3) is 5.91 Å². The number of amides is 2. The molecule has 7 nitrogen and oxygen atoms in total. The highest BCUT2D eigenvalue weighted by molar-refractivity contribution is 5.97. The normalized spacial score (nSPS) is 16.7. The van der Waals surface area contributed by atoms with Gasteiger partial charge in [0, 0.05) is 30.5 Å². The number of H-pyrrole nitrogens is 1. The van der Waals surface area contributed by atoms with Gasteiger partial charge in [-0.1, -0.05) is 25.1 Å². The van der Waals surface area contributed by atoms with Crippen LogP contribution in [0, 0.1) is 0 Å². The Morgan fingerprint density at radius 2 is 2.11 bits per heavy atom. The zero-order valence-corrected chi connectivity index (χ0v) is 15.7. The van der Waals surface area contributed by atoms with Crippen molar-refractivity contribution in [2.24, 2.45) is 0 Å². The fourth-order valence-corrected chi connectivity index (χ4v) is 3.68. The monoisotopic (exact) mass is 377 g/mol. The lowest BCUT2D eigenvalue weighted by atomic mass is 10.0. The second kappa shape index (κ2) is 7.34. The number of fused-ring (bicyclic) bond motifs is 1. The van der Waals surface area contributed by atoms with E-state index < -0.39 is 0 Å². The first-order chi connectivity index (χ1) is 13.5. The Morgan fingerprint density at radius 1 is 1.29 bits per heavy atom. The molecule has 7 heteroatoms. The molecule has 4 N–H and O–H groups in total. The van der Waals surface area contributed by atoms with Crippen molar-refractivity contribution in [1.29, 1.82) is 0 Å². The highest BCUT2D eigenvalue weighted by atomic mass is 16.2. The van der Waals surface area contributed by atoms with Crippen molar-refractivity contribution < 1.29 is 9.59 Å². The molecule has 3 aromatic rings. The molecule has 4 rings (SSSR count). The Balaban J connectivity index is 1.52. The molecule has 0 saturated carbocycles. The lowest BCUT2D eigenvalue weighted by molar-refractivity contribution is -0.127. The van der Waals surface area contributed by atoms with Crippen LogP contribution >= 0.6 is 0 Å². The van der Waals surface area contributed by atoms with Gasteiger partial charge in [0.05, 0.1) is 11.6 Å². The molecule has 1 fully saturated rings. The summed E-state index contributed by atoms with van der Waals surface area (Å²) in [5, 5.41) is 10.7. The van der Waals surface area contributed by atoms with Crippen molar-refractivity contribution in [2.45, 2.75) is 25.8 Å². The zero-order chi connectivity index (χ0) is 19.7. The van der Waals surface area contributed by atoms with Crippen LogP contribution in [0.3, 0.4) is 0 Å². The highest BCUT2D eigenvalue weighted by Crippen LogP contribution is 2.27. The summed E-state index contributed by atoms with van der Waals surface area (Å²) in [6.07, 6.45) is 1.28. The number of benzene rings is 2. The third-order valence-electron chi connectivity index (χ3n) is 5.09. The van der Waals surface area contributed by atoms with Gasteiger partial charge in [-0.3, -0.25) is 14.7 Å². The number of carbonyl (C=O) groups excluding carboxylic acids is 2. The number of aromatic nitrogens is 2. The number of likely N-dealkylation sites (tertiary alicyclic amines) is 1. The van der Waals surface area contributed by atoms with Crippen molar-refractivity contribution in [3.8, 4) is 11.1 Å².